The summed E-state index contributed by atoms with van der Waals surface area (Å²) in [7, 11) is 1.98. The Morgan fingerprint density at radius 2 is 2.15 bits per heavy atom. The fourth-order valence-corrected chi connectivity index (χ4v) is 2.46. The minimum absolute atomic E-state index is 0.313. The third-order valence-electron chi connectivity index (χ3n) is 3.44. The molecule has 0 N–H and O–H groups in total. The van der Waals surface area contributed by atoms with Crippen LogP contribution in [0.5, 0.6) is 0 Å². The summed E-state index contributed by atoms with van der Waals surface area (Å²) in [5, 5.41) is 4.54. The monoisotopic (exact) mass is 294 g/mol. The minimum Gasteiger partial charge on any atom is -0.361 e. The fourth-order valence-electron chi connectivity index (χ4n) is 2.24. The second-order valence-electron chi connectivity index (χ2n) is 5.40. The average Bonchev–Trinajstić information content (AvgIpc) is 3.14. The molecule has 3 nitrogen and oxygen atoms in total. The van der Waals surface area contributed by atoms with Crippen molar-refractivity contribution < 1.29 is 8.91 Å². The molecule has 0 atom stereocenters. The van der Waals surface area contributed by atoms with E-state index in [2.05, 4.69) is 10.1 Å². The Kier molecular flexibility index (Phi) is 3.76. The summed E-state index contributed by atoms with van der Waals surface area (Å²) in [6.45, 7) is 1.33. The van der Waals surface area contributed by atoms with Gasteiger partial charge in [-0.3, -0.25) is 4.90 Å². The highest BCUT2D eigenvalue weighted by Crippen LogP contribution is 2.40. The van der Waals surface area contributed by atoms with Crippen molar-refractivity contribution in [3.63, 3.8) is 0 Å². The van der Waals surface area contributed by atoms with E-state index in [1.165, 1.54) is 25.0 Å². The molecule has 1 aliphatic carbocycles. The Morgan fingerprint density at radius 1 is 1.35 bits per heavy atom. The molecule has 1 saturated carbocycles. The van der Waals surface area contributed by atoms with Crippen molar-refractivity contribution in [2.75, 3.05) is 7.05 Å². The summed E-state index contributed by atoms with van der Waals surface area (Å²) in [5.41, 5.74) is 1.83. The van der Waals surface area contributed by atoms with E-state index < -0.39 is 0 Å². The van der Waals surface area contributed by atoms with Gasteiger partial charge in [-0.2, -0.15) is 0 Å². The molecule has 0 spiro atoms. The molecule has 0 aliphatic heterocycles. The van der Waals surface area contributed by atoms with E-state index in [9.17, 15) is 4.39 Å². The van der Waals surface area contributed by atoms with Gasteiger partial charge >= 0.3 is 0 Å². The van der Waals surface area contributed by atoms with Crippen LogP contribution < -0.4 is 0 Å². The molecule has 0 amide bonds. The first-order valence-electron chi connectivity index (χ1n) is 6.70. The third-order valence-corrected chi connectivity index (χ3v) is 3.80. The molecule has 5 heteroatoms. The van der Waals surface area contributed by atoms with Crippen LogP contribution in [0, 0.1) is 5.82 Å². The van der Waals surface area contributed by atoms with Gasteiger partial charge in [0, 0.05) is 30.1 Å². The number of nitrogens with zero attached hydrogens (tertiary/aromatic N) is 2. The zero-order valence-corrected chi connectivity index (χ0v) is 12.0. The molecule has 106 valence electrons. The average molecular weight is 295 g/mol. The summed E-state index contributed by atoms with van der Waals surface area (Å²) in [5.74, 6) is 1.26. The van der Waals surface area contributed by atoms with E-state index in [0.717, 1.165) is 17.0 Å². The van der Waals surface area contributed by atoms with Crippen LogP contribution in [0.1, 0.15) is 35.8 Å². The van der Waals surface area contributed by atoms with Gasteiger partial charge in [0.2, 0.25) is 0 Å². The van der Waals surface area contributed by atoms with Crippen molar-refractivity contribution >= 4 is 11.6 Å². The van der Waals surface area contributed by atoms with Crippen LogP contribution in [0.2, 0.25) is 5.02 Å². The molecule has 1 aliphatic rings. The second kappa shape index (κ2) is 5.54. The standard InChI is InChI=1S/C15H16ClFN2O/c1-19(8-11-4-5-12(17)6-14(11)16)9-13-7-15(20-18-13)10-2-3-10/h4-7,10H,2-3,8-9H2,1H3. The molecule has 0 radical (unpaired) electrons. The second-order valence-corrected chi connectivity index (χ2v) is 5.81. The first-order valence-corrected chi connectivity index (χ1v) is 7.07. The van der Waals surface area contributed by atoms with E-state index >= 15 is 0 Å². The summed E-state index contributed by atoms with van der Waals surface area (Å²) in [6.07, 6.45) is 2.41. The van der Waals surface area contributed by atoms with Crippen molar-refractivity contribution in [1.29, 1.82) is 0 Å². The number of hydrogen-bond acceptors (Lipinski definition) is 3. The van der Waals surface area contributed by atoms with Gasteiger partial charge in [0.05, 0.1) is 5.69 Å². The van der Waals surface area contributed by atoms with Crippen LogP contribution in [-0.2, 0) is 13.1 Å². The fraction of sp³-hybridized carbons (Fsp3) is 0.400. The van der Waals surface area contributed by atoms with Crippen LogP contribution >= 0.6 is 11.6 Å². The van der Waals surface area contributed by atoms with Gasteiger partial charge in [-0.25, -0.2) is 4.39 Å². The van der Waals surface area contributed by atoms with Crippen molar-refractivity contribution in [3.8, 4) is 0 Å². The Hall–Kier alpha value is -1.39. The lowest BCUT2D eigenvalue weighted by Crippen LogP contribution is -2.17. The van der Waals surface area contributed by atoms with E-state index in [-0.39, 0.29) is 5.82 Å². The third kappa shape index (κ3) is 3.19. The minimum atomic E-state index is -0.313. The van der Waals surface area contributed by atoms with E-state index in [1.807, 2.05) is 13.1 Å². The molecule has 0 saturated heterocycles. The molecule has 1 aromatic carbocycles. The predicted octanol–water partition coefficient (Wildman–Crippen LogP) is 3.98. The quantitative estimate of drug-likeness (QED) is 0.835. The lowest BCUT2D eigenvalue weighted by Gasteiger charge is -2.15. The topological polar surface area (TPSA) is 29.3 Å². The Morgan fingerprint density at radius 3 is 2.85 bits per heavy atom. The lowest BCUT2D eigenvalue weighted by atomic mass is 10.2. The zero-order valence-electron chi connectivity index (χ0n) is 11.3. The van der Waals surface area contributed by atoms with E-state index in [0.29, 0.717) is 24.0 Å². The molecule has 2 aromatic rings. The van der Waals surface area contributed by atoms with Gasteiger partial charge in [0.15, 0.2) is 0 Å². The Bertz CT molecular complexity index is 610. The number of rotatable bonds is 5. The molecule has 0 unspecified atom stereocenters. The van der Waals surface area contributed by atoms with E-state index in [4.69, 9.17) is 16.1 Å². The zero-order chi connectivity index (χ0) is 14.1. The van der Waals surface area contributed by atoms with Crippen LogP contribution in [0.25, 0.3) is 0 Å². The summed E-state index contributed by atoms with van der Waals surface area (Å²) < 4.78 is 18.3. The summed E-state index contributed by atoms with van der Waals surface area (Å²) >= 11 is 6.03. The predicted molar refractivity (Wildman–Crippen MR) is 75.1 cm³/mol. The first kappa shape index (κ1) is 13.6. The molecule has 0 bridgehead atoms. The van der Waals surface area contributed by atoms with Gasteiger partial charge in [0.25, 0.3) is 0 Å². The molecule has 20 heavy (non-hydrogen) atoms. The van der Waals surface area contributed by atoms with Gasteiger partial charge in [-0.1, -0.05) is 22.8 Å². The molecular weight excluding hydrogens is 279 g/mol. The number of hydrogen-bond donors (Lipinski definition) is 0. The molecule has 1 aromatic heterocycles. The molecule has 1 fully saturated rings. The van der Waals surface area contributed by atoms with Crippen molar-refractivity contribution in [3.05, 3.63) is 52.1 Å². The maximum Gasteiger partial charge on any atom is 0.140 e. The number of aromatic nitrogens is 1. The highest BCUT2D eigenvalue weighted by Gasteiger charge is 2.27. The van der Waals surface area contributed by atoms with Crippen LogP contribution in [-0.4, -0.2) is 17.1 Å². The highest BCUT2D eigenvalue weighted by molar-refractivity contribution is 6.31. The SMILES string of the molecule is CN(Cc1cc(C2CC2)on1)Cc1ccc(F)cc1Cl. The first-order chi connectivity index (χ1) is 9.61. The van der Waals surface area contributed by atoms with Crippen LogP contribution in [0.4, 0.5) is 4.39 Å². The maximum atomic E-state index is 13.0. The maximum absolute atomic E-state index is 13.0. The summed E-state index contributed by atoms with van der Waals surface area (Å²) in [4.78, 5) is 2.08. The smallest absolute Gasteiger partial charge is 0.140 e. The van der Waals surface area contributed by atoms with Crippen LogP contribution in [0.3, 0.4) is 0 Å². The van der Waals surface area contributed by atoms with Crippen molar-refractivity contribution in [1.82, 2.24) is 10.1 Å². The molecule has 3 rings (SSSR count). The van der Waals surface area contributed by atoms with Gasteiger partial charge in [-0.05, 0) is 37.6 Å². The van der Waals surface area contributed by atoms with Gasteiger partial charge in [-0.15, -0.1) is 0 Å². The Balaban J connectivity index is 1.61. The van der Waals surface area contributed by atoms with Crippen LogP contribution in [0.15, 0.2) is 28.8 Å². The van der Waals surface area contributed by atoms with Gasteiger partial charge in [0.1, 0.15) is 11.6 Å². The highest BCUT2D eigenvalue weighted by atomic mass is 35.5. The number of halogens is 2. The largest absolute Gasteiger partial charge is 0.361 e. The molecule has 1 heterocycles. The normalized spacial score (nSPS) is 15.0. The Labute approximate surface area is 122 Å². The van der Waals surface area contributed by atoms with E-state index in [1.54, 1.807) is 6.07 Å². The number of benzene rings is 1. The van der Waals surface area contributed by atoms with Crippen molar-refractivity contribution in [2.45, 2.75) is 31.8 Å². The lowest BCUT2D eigenvalue weighted by molar-refractivity contribution is 0.301. The summed E-state index contributed by atoms with van der Waals surface area (Å²) in [6, 6.07) is 6.51. The van der Waals surface area contributed by atoms with Crippen molar-refractivity contribution in [2.24, 2.45) is 0 Å². The van der Waals surface area contributed by atoms with Gasteiger partial charge < -0.3 is 4.52 Å². The molecular formula is C15H16ClFN2O.